The van der Waals surface area contributed by atoms with Crippen LogP contribution in [-0.2, 0) is 28.4 Å². The lowest BCUT2D eigenvalue weighted by Crippen LogP contribution is -2.57. The number of rotatable bonds is 14. The van der Waals surface area contributed by atoms with Gasteiger partial charge in [-0.15, -0.1) is 0 Å². The van der Waals surface area contributed by atoms with Crippen molar-refractivity contribution in [2.45, 2.75) is 122 Å². The van der Waals surface area contributed by atoms with E-state index in [9.17, 15) is 0 Å². The summed E-state index contributed by atoms with van der Waals surface area (Å²) in [5, 5.41) is 0. The molecule has 0 aromatic heterocycles. The summed E-state index contributed by atoms with van der Waals surface area (Å²) in [5.74, 6) is 0. The molecule has 0 aliphatic carbocycles. The quantitative estimate of drug-likeness (QED) is 0.167. The lowest BCUT2D eigenvalue weighted by molar-refractivity contribution is -0.192. The first kappa shape index (κ1) is 62.6. The van der Waals surface area contributed by atoms with Crippen molar-refractivity contribution >= 4 is 0 Å². The van der Waals surface area contributed by atoms with Crippen LogP contribution >= 0.6 is 0 Å². The molecular formula is C55H114N6O6. The molecule has 0 amide bonds. The van der Waals surface area contributed by atoms with Crippen LogP contribution in [0.3, 0.4) is 0 Å². The van der Waals surface area contributed by atoms with E-state index < -0.39 is 0 Å². The molecule has 2 bridgehead atoms. The van der Waals surface area contributed by atoms with Gasteiger partial charge in [-0.2, -0.15) is 0 Å². The topological polar surface area (TPSA) is 74.8 Å². The molecule has 2 rings (SSSR count). The summed E-state index contributed by atoms with van der Waals surface area (Å²) in [4.78, 5) is 14.2. The molecule has 2 saturated heterocycles. The van der Waals surface area contributed by atoms with Gasteiger partial charge in [-0.3, -0.25) is 0 Å². The van der Waals surface area contributed by atoms with Crippen LogP contribution in [0.4, 0.5) is 0 Å². The van der Waals surface area contributed by atoms with Gasteiger partial charge in [-0.1, -0.05) is 83.1 Å². The van der Waals surface area contributed by atoms with Crippen LogP contribution in [0.1, 0.15) is 122 Å². The highest BCUT2D eigenvalue weighted by atomic mass is 16.7. The molecule has 0 saturated carbocycles. The minimum Gasteiger partial charge on any atom is -0.355 e. The SMILES string of the molecule is CN(C)CC1(CC(C)(C)C)COCOCC(CN(C)C)(CC(C)(C)C)CC2(CN(C)C)COCOCC(CN(C)C)(C1)CC(CN(C)C)(C(C)(C)C)COCOCC(CN(C)C)(C(C)(C)C)C2. The van der Waals surface area contributed by atoms with Crippen molar-refractivity contribution < 1.29 is 28.4 Å². The Bertz CT molecular complexity index is 1320. The number of fused-ring (bicyclic) bond motifs is 6. The molecule has 0 N–H and O–H groups in total. The molecule has 2 fully saturated rings. The van der Waals surface area contributed by atoms with Crippen molar-refractivity contribution in [3.63, 3.8) is 0 Å². The van der Waals surface area contributed by atoms with E-state index in [1.165, 1.54) is 0 Å². The maximum Gasteiger partial charge on any atom is 0.146 e. The van der Waals surface area contributed by atoms with E-state index >= 15 is 0 Å². The average Bonchev–Trinajstić information content (AvgIpc) is 3.06. The van der Waals surface area contributed by atoms with Crippen LogP contribution in [0, 0.1) is 54.1 Å². The Labute approximate surface area is 416 Å². The molecule has 0 aromatic rings. The van der Waals surface area contributed by atoms with Gasteiger partial charge in [-0.05, 0) is 145 Å². The molecule has 0 spiro atoms. The second kappa shape index (κ2) is 25.0. The summed E-state index contributed by atoms with van der Waals surface area (Å²) >= 11 is 0. The van der Waals surface area contributed by atoms with Gasteiger partial charge in [0.25, 0.3) is 0 Å². The molecule has 12 nitrogen and oxygen atoms in total. The predicted molar refractivity (Wildman–Crippen MR) is 282 cm³/mol. The molecular weight excluding hydrogens is 841 g/mol. The summed E-state index contributed by atoms with van der Waals surface area (Å²) in [6.45, 7) is 38.0. The third kappa shape index (κ3) is 20.5. The Balaban J connectivity index is 3.26. The minimum absolute atomic E-state index is 0.0338. The summed E-state index contributed by atoms with van der Waals surface area (Å²) in [5.41, 5.74) is -1.85. The van der Waals surface area contributed by atoms with Crippen LogP contribution in [0.5, 0.6) is 0 Å². The molecule has 6 atom stereocenters. The Morgan fingerprint density at radius 1 is 0.313 bits per heavy atom. The molecule has 2 aliphatic heterocycles. The van der Waals surface area contributed by atoms with E-state index in [-0.39, 0.29) is 74.5 Å². The largest absolute Gasteiger partial charge is 0.355 e. The smallest absolute Gasteiger partial charge is 0.146 e. The van der Waals surface area contributed by atoms with Crippen molar-refractivity contribution in [2.24, 2.45) is 54.1 Å². The third-order valence-electron chi connectivity index (χ3n) is 14.7. The van der Waals surface area contributed by atoms with Gasteiger partial charge >= 0.3 is 0 Å². The number of nitrogens with zero attached hydrogens (tertiary/aromatic N) is 6. The first-order chi connectivity index (χ1) is 30.4. The van der Waals surface area contributed by atoms with Crippen molar-refractivity contribution in [2.75, 3.05) is 184 Å². The fraction of sp³-hybridized carbons (Fsp3) is 1.00. The van der Waals surface area contributed by atoms with Crippen molar-refractivity contribution in [1.29, 1.82) is 0 Å². The molecule has 0 aromatic carbocycles. The van der Waals surface area contributed by atoms with E-state index in [4.69, 9.17) is 28.4 Å². The van der Waals surface area contributed by atoms with E-state index in [0.29, 0.717) is 39.6 Å². The molecule has 400 valence electrons. The second-order valence-electron chi connectivity index (χ2n) is 29.1. The van der Waals surface area contributed by atoms with Gasteiger partial charge in [0, 0.05) is 71.8 Å². The standard InChI is InChI=1S/C55H114N6O6/c1-46(2,3)25-50(31-56(13)14)27-52(33-58(17)18)29-54(35-60(21)22,48(7,8)9)41-66-45-67-42-55(36-61(23)24,49(10,11)12)30-53(34-59(19)20,40-65-44-64-39-52)28-51(32-57(15)16,26-47(4,5)6)38-63-43-62-37-50/h25-45H2,1-24H3. The monoisotopic (exact) mass is 955 g/mol. The summed E-state index contributed by atoms with van der Waals surface area (Å²) < 4.78 is 42.5. The van der Waals surface area contributed by atoms with E-state index in [0.717, 1.165) is 77.8 Å². The molecule has 6 unspecified atom stereocenters. The van der Waals surface area contributed by atoms with Gasteiger partial charge in [0.05, 0.1) is 39.6 Å². The lowest BCUT2D eigenvalue weighted by Gasteiger charge is -2.55. The normalized spacial score (nSPS) is 31.8. The highest BCUT2D eigenvalue weighted by Crippen LogP contribution is 2.56. The Morgan fingerprint density at radius 3 is 0.806 bits per heavy atom. The highest BCUT2D eigenvalue weighted by molar-refractivity contribution is 5.05. The number of ether oxygens (including phenoxy) is 6. The maximum atomic E-state index is 7.18. The Hall–Kier alpha value is -0.480. The zero-order chi connectivity index (χ0) is 51.6. The summed E-state index contributed by atoms with van der Waals surface area (Å²) in [7, 11) is 26.6. The van der Waals surface area contributed by atoms with Crippen molar-refractivity contribution in [1.82, 2.24) is 29.4 Å². The Morgan fingerprint density at radius 2 is 0.567 bits per heavy atom. The van der Waals surface area contributed by atoms with Crippen molar-refractivity contribution in [3.8, 4) is 0 Å². The van der Waals surface area contributed by atoms with Crippen LogP contribution in [0.2, 0.25) is 0 Å². The van der Waals surface area contributed by atoms with Gasteiger partial charge in [0.1, 0.15) is 20.4 Å². The van der Waals surface area contributed by atoms with E-state index in [1.807, 2.05) is 0 Å². The van der Waals surface area contributed by atoms with Gasteiger partial charge in [0.15, 0.2) is 0 Å². The van der Waals surface area contributed by atoms with Gasteiger partial charge < -0.3 is 57.8 Å². The third-order valence-corrected chi connectivity index (χ3v) is 14.7. The molecule has 2 heterocycles. The molecule has 2 aliphatic rings. The maximum absolute atomic E-state index is 7.18. The Kier molecular flexibility index (Phi) is 23.3. The molecule has 67 heavy (non-hydrogen) atoms. The fourth-order valence-corrected chi connectivity index (χ4v) is 13.9. The van der Waals surface area contributed by atoms with E-state index in [1.54, 1.807) is 0 Å². The molecule has 0 radical (unpaired) electrons. The number of hydrogen-bond donors (Lipinski definition) is 0. The minimum atomic E-state index is -0.318. The van der Waals surface area contributed by atoms with Crippen LogP contribution in [0.15, 0.2) is 0 Å². The van der Waals surface area contributed by atoms with Crippen molar-refractivity contribution in [3.05, 3.63) is 0 Å². The van der Waals surface area contributed by atoms with Gasteiger partial charge in [-0.25, -0.2) is 0 Å². The first-order valence-corrected chi connectivity index (χ1v) is 25.7. The predicted octanol–water partition coefficient (Wildman–Crippen LogP) is 8.80. The fourth-order valence-electron chi connectivity index (χ4n) is 13.9. The summed E-state index contributed by atoms with van der Waals surface area (Å²) in [6, 6.07) is 0. The summed E-state index contributed by atoms with van der Waals surface area (Å²) in [6.07, 6.45) is 5.52. The van der Waals surface area contributed by atoms with Crippen LogP contribution in [0.25, 0.3) is 0 Å². The average molecular weight is 956 g/mol. The molecule has 12 heteroatoms. The van der Waals surface area contributed by atoms with E-state index in [2.05, 4.69) is 197 Å². The van der Waals surface area contributed by atoms with Gasteiger partial charge in [0.2, 0.25) is 0 Å². The van der Waals surface area contributed by atoms with Crippen LogP contribution in [-0.4, -0.2) is 213 Å². The first-order valence-electron chi connectivity index (χ1n) is 25.7. The lowest BCUT2D eigenvalue weighted by atomic mass is 9.55. The zero-order valence-electron chi connectivity index (χ0n) is 49.0. The zero-order valence-corrected chi connectivity index (χ0v) is 49.0. The number of hydrogen-bond acceptors (Lipinski definition) is 12. The second-order valence-corrected chi connectivity index (χ2v) is 29.1. The van der Waals surface area contributed by atoms with Crippen LogP contribution < -0.4 is 0 Å². The highest BCUT2D eigenvalue weighted by Gasteiger charge is 2.55.